The second kappa shape index (κ2) is 7.52. The van der Waals surface area contributed by atoms with Gasteiger partial charge in [0.15, 0.2) is 5.82 Å². The summed E-state index contributed by atoms with van der Waals surface area (Å²) in [4.78, 5) is 16.7. The maximum absolute atomic E-state index is 12.2. The zero-order valence-corrected chi connectivity index (χ0v) is 13.3. The van der Waals surface area contributed by atoms with Gasteiger partial charge in [-0.25, -0.2) is 9.67 Å². The Hall–Kier alpha value is -2.99. The predicted octanol–water partition coefficient (Wildman–Crippen LogP) is 2.31. The highest BCUT2D eigenvalue weighted by Crippen LogP contribution is 2.20. The van der Waals surface area contributed by atoms with Crippen molar-refractivity contribution in [3.05, 3.63) is 66.5 Å². The Morgan fingerprint density at radius 3 is 2.42 bits per heavy atom. The minimum atomic E-state index is -0.320. The zero-order valence-electron chi connectivity index (χ0n) is 13.3. The van der Waals surface area contributed by atoms with Gasteiger partial charge in [-0.2, -0.15) is 0 Å². The van der Waals surface area contributed by atoms with Gasteiger partial charge in [0, 0.05) is 19.2 Å². The first-order chi connectivity index (χ1) is 11.8. The Kier molecular flexibility index (Phi) is 4.98. The first-order valence-corrected chi connectivity index (χ1v) is 7.64. The Morgan fingerprint density at radius 2 is 1.75 bits per heavy atom. The Bertz CT molecular complexity index is 743. The lowest BCUT2D eigenvalue weighted by Crippen LogP contribution is -2.28. The number of aromatic nitrogens is 3. The van der Waals surface area contributed by atoms with Crippen LogP contribution in [-0.2, 0) is 4.74 Å². The van der Waals surface area contributed by atoms with Gasteiger partial charge >= 0.3 is 0 Å². The molecule has 0 atom stereocenters. The van der Waals surface area contributed by atoms with Crippen LogP contribution in [-0.4, -0.2) is 40.9 Å². The molecule has 1 N–H and O–H groups in total. The normalized spacial score (nSPS) is 10.5. The third-order valence-electron chi connectivity index (χ3n) is 3.43. The second-order valence-electron chi connectivity index (χ2n) is 5.12. The van der Waals surface area contributed by atoms with Crippen LogP contribution in [0.5, 0.6) is 0 Å². The maximum atomic E-state index is 12.2. The van der Waals surface area contributed by atoms with Crippen molar-refractivity contribution in [3.8, 4) is 17.1 Å². The topological polar surface area (TPSA) is 69.0 Å². The number of benzene rings is 2. The van der Waals surface area contributed by atoms with E-state index < -0.39 is 0 Å². The van der Waals surface area contributed by atoms with Gasteiger partial charge in [0.2, 0.25) is 5.82 Å². The molecule has 0 bridgehead atoms. The molecule has 0 saturated heterocycles. The molecule has 1 aromatic heterocycles. The van der Waals surface area contributed by atoms with Gasteiger partial charge in [-0.1, -0.05) is 48.5 Å². The molecule has 0 fully saturated rings. The van der Waals surface area contributed by atoms with E-state index in [0.717, 1.165) is 11.3 Å². The molecule has 3 rings (SSSR count). The molecule has 1 amide bonds. The third-order valence-corrected chi connectivity index (χ3v) is 3.43. The first kappa shape index (κ1) is 15.9. The third kappa shape index (κ3) is 3.49. The smallest absolute Gasteiger partial charge is 0.291 e. The number of ether oxygens (including phenoxy) is 1. The number of nitrogens with zero attached hydrogens (tertiary/aromatic N) is 3. The molecule has 0 saturated carbocycles. The van der Waals surface area contributed by atoms with Crippen LogP contribution in [0.2, 0.25) is 0 Å². The lowest BCUT2D eigenvalue weighted by molar-refractivity contribution is 0.0927. The van der Waals surface area contributed by atoms with Crippen LogP contribution in [0.1, 0.15) is 10.6 Å². The van der Waals surface area contributed by atoms with E-state index in [1.165, 1.54) is 0 Å². The van der Waals surface area contributed by atoms with Crippen molar-refractivity contribution in [1.82, 2.24) is 20.1 Å². The number of nitrogens with one attached hydrogen (secondary N) is 1. The lowest BCUT2D eigenvalue weighted by Gasteiger charge is -2.05. The van der Waals surface area contributed by atoms with Gasteiger partial charge in [-0.3, -0.25) is 4.79 Å². The highest BCUT2D eigenvalue weighted by atomic mass is 16.5. The van der Waals surface area contributed by atoms with Crippen LogP contribution in [0.4, 0.5) is 0 Å². The number of hydrogen-bond donors (Lipinski definition) is 1. The summed E-state index contributed by atoms with van der Waals surface area (Å²) >= 11 is 0. The standard InChI is InChI=1S/C18H18N4O2/c1-24-13-12-19-18(23)16-20-17(14-8-4-2-5-9-14)22(21-16)15-10-6-3-7-11-15/h2-11H,12-13H2,1H3,(H,19,23). The van der Waals surface area contributed by atoms with Crippen molar-refractivity contribution in [1.29, 1.82) is 0 Å². The molecule has 6 heteroatoms. The summed E-state index contributed by atoms with van der Waals surface area (Å²) in [5.74, 6) is 0.436. The molecular formula is C18H18N4O2. The van der Waals surface area contributed by atoms with Crippen molar-refractivity contribution in [2.75, 3.05) is 20.3 Å². The molecule has 0 radical (unpaired) electrons. The molecule has 0 aliphatic rings. The molecule has 0 aliphatic heterocycles. The Morgan fingerprint density at radius 1 is 1.08 bits per heavy atom. The minimum absolute atomic E-state index is 0.133. The summed E-state index contributed by atoms with van der Waals surface area (Å²) < 4.78 is 6.62. The maximum Gasteiger partial charge on any atom is 0.291 e. The average molecular weight is 322 g/mol. The number of carbonyl (C=O) groups is 1. The number of para-hydroxylation sites is 1. The van der Waals surface area contributed by atoms with Crippen LogP contribution in [0.3, 0.4) is 0 Å². The molecule has 2 aromatic carbocycles. The monoisotopic (exact) mass is 322 g/mol. The van der Waals surface area contributed by atoms with E-state index >= 15 is 0 Å². The second-order valence-corrected chi connectivity index (χ2v) is 5.12. The zero-order chi connectivity index (χ0) is 16.8. The highest BCUT2D eigenvalue weighted by Gasteiger charge is 2.18. The van der Waals surface area contributed by atoms with E-state index in [1.807, 2.05) is 60.7 Å². The quantitative estimate of drug-likeness (QED) is 0.707. The van der Waals surface area contributed by atoms with Crippen LogP contribution in [0.25, 0.3) is 17.1 Å². The predicted molar refractivity (Wildman–Crippen MR) is 91.0 cm³/mol. The molecule has 6 nitrogen and oxygen atoms in total. The first-order valence-electron chi connectivity index (χ1n) is 7.64. The van der Waals surface area contributed by atoms with Crippen molar-refractivity contribution in [2.24, 2.45) is 0 Å². The minimum Gasteiger partial charge on any atom is -0.383 e. The summed E-state index contributed by atoms with van der Waals surface area (Å²) in [5, 5.41) is 7.13. The summed E-state index contributed by atoms with van der Waals surface area (Å²) in [7, 11) is 1.59. The van der Waals surface area contributed by atoms with Crippen LogP contribution < -0.4 is 5.32 Å². The van der Waals surface area contributed by atoms with E-state index in [4.69, 9.17) is 4.74 Å². The molecule has 3 aromatic rings. The molecule has 0 aliphatic carbocycles. The van der Waals surface area contributed by atoms with Crippen LogP contribution >= 0.6 is 0 Å². The van der Waals surface area contributed by atoms with Crippen LogP contribution in [0, 0.1) is 0 Å². The molecular weight excluding hydrogens is 304 g/mol. The number of carbonyl (C=O) groups excluding carboxylic acids is 1. The molecule has 0 spiro atoms. The number of hydrogen-bond acceptors (Lipinski definition) is 4. The highest BCUT2D eigenvalue weighted by molar-refractivity contribution is 5.91. The van der Waals surface area contributed by atoms with E-state index in [-0.39, 0.29) is 11.7 Å². The van der Waals surface area contributed by atoms with E-state index in [0.29, 0.717) is 19.0 Å². The van der Waals surface area contributed by atoms with Gasteiger partial charge in [0.25, 0.3) is 5.91 Å². The fourth-order valence-corrected chi connectivity index (χ4v) is 2.28. The van der Waals surface area contributed by atoms with Crippen molar-refractivity contribution >= 4 is 5.91 Å². The summed E-state index contributed by atoms with van der Waals surface area (Å²) in [6, 6.07) is 19.3. The summed E-state index contributed by atoms with van der Waals surface area (Å²) in [6.45, 7) is 0.854. The van der Waals surface area contributed by atoms with Gasteiger partial charge < -0.3 is 10.1 Å². The number of methoxy groups -OCH3 is 1. The van der Waals surface area contributed by atoms with Gasteiger partial charge in [-0.15, -0.1) is 5.10 Å². The SMILES string of the molecule is COCCNC(=O)c1nc(-c2ccccc2)n(-c2ccccc2)n1. The fourth-order valence-electron chi connectivity index (χ4n) is 2.28. The number of rotatable bonds is 6. The van der Waals surface area contributed by atoms with Crippen molar-refractivity contribution < 1.29 is 9.53 Å². The van der Waals surface area contributed by atoms with E-state index in [9.17, 15) is 4.79 Å². The molecule has 24 heavy (non-hydrogen) atoms. The molecule has 122 valence electrons. The largest absolute Gasteiger partial charge is 0.383 e. The van der Waals surface area contributed by atoms with Gasteiger partial charge in [0.1, 0.15) is 0 Å². The summed E-state index contributed by atoms with van der Waals surface area (Å²) in [6.07, 6.45) is 0. The molecule has 0 unspecified atom stereocenters. The molecule has 1 heterocycles. The van der Waals surface area contributed by atoms with Crippen LogP contribution in [0.15, 0.2) is 60.7 Å². The number of amides is 1. The van der Waals surface area contributed by atoms with E-state index in [1.54, 1.807) is 11.8 Å². The Balaban J connectivity index is 1.99. The van der Waals surface area contributed by atoms with Crippen molar-refractivity contribution in [2.45, 2.75) is 0 Å². The lowest BCUT2D eigenvalue weighted by atomic mass is 10.2. The van der Waals surface area contributed by atoms with E-state index in [2.05, 4.69) is 15.4 Å². The summed E-state index contributed by atoms with van der Waals surface area (Å²) in [5.41, 5.74) is 1.74. The van der Waals surface area contributed by atoms with Gasteiger partial charge in [-0.05, 0) is 12.1 Å². The average Bonchev–Trinajstić information content (AvgIpc) is 3.09. The van der Waals surface area contributed by atoms with Gasteiger partial charge in [0.05, 0.1) is 12.3 Å². The van der Waals surface area contributed by atoms with Crippen molar-refractivity contribution in [3.63, 3.8) is 0 Å². The Labute approximate surface area is 140 Å². The fraction of sp³-hybridized carbons (Fsp3) is 0.167.